The highest BCUT2D eigenvalue weighted by molar-refractivity contribution is 14.1. The Morgan fingerprint density at radius 2 is 2.20 bits per heavy atom. The van der Waals surface area contributed by atoms with Gasteiger partial charge < -0.3 is 15.6 Å². The van der Waals surface area contributed by atoms with Gasteiger partial charge in [-0.1, -0.05) is 6.92 Å². The zero-order valence-electron chi connectivity index (χ0n) is 11.0. The molecule has 1 aromatic carbocycles. The maximum absolute atomic E-state index is 13.0. The van der Waals surface area contributed by atoms with E-state index in [2.05, 4.69) is 5.32 Å². The summed E-state index contributed by atoms with van der Waals surface area (Å²) < 4.78 is 15.5. The molecule has 2 aromatic rings. The number of hydrogen-bond donors (Lipinski definition) is 2. The molecule has 0 unspecified atom stereocenters. The molecule has 4 nitrogen and oxygen atoms in total. The zero-order chi connectivity index (χ0) is 14.7. The van der Waals surface area contributed by atoms with E-state index in [9.17, 15) is 9.18 Å². The molecule has 0 saturated carbocycles. The van der Waals surface area contributed by atoms with Crippen LogP contribution in [0.2, 0.25) is 0 Å². The number of rotatable bonds is 4. The summed E-state index contributed by atoms with van der Waals surface area (Å²) in [6.45, 7) is 2.75. The molecule has 6 heteroatoms. The van der Waals surface area contributed by atoms with Crippen molar-refractivity contribution in [3.05, 3.63) is 45.5 Å². The number of aryl methyl sites for hydroxylation is 1. The van der Waals surface area contributed by atoms with Gasteiger partial charge in [0.1, 0.15) is 11.5 Å². The van der Waals surface area contributed by atoms with Crippen molar-refractivity contribution in [1.29, 1.82) is 0 Å². The first-order valence-corrected chi connectivity index (χ1v) is 7.31. The molecule has 1 aromatic heterocycles. The van der Waals surface area contributed by atoms with E-state index < -0.39 is 0 Å². The van der Waals surface area contributed by atoms with Crippen LogP contribution in [0.15, 0.2) is 30.5 Å². The molecular formula is C14H15FIN3O. The zero-order valence-corrected chi connectivity index (χ0v) is 13.1. The Balaban J connectivity index is 2.23. The summed E-state index contributed by atoms with van der Waals surface area (Å²) in [4.78, 5) is 12.3. The van der Waals surface area contributed by atoms with Crippen LogP contribution in [0.4, 0.5) is 15.8 Å². The molecule has 1 amide bonds. The molecule has 2 rings (SSSR count). The number of nitrogens with zero attached hydrogens (tertiary/aromatic N) is 1. The Hall–Kier alpha value is -1.57. The maximum Gasteiger partial charge on any atom is 0.272 e. The predicted octanol–water partition coefficient (Wildman–Crippen LogP) is 3.48. The maximum atomic E-state index is 13.0. The molecule has 0 spiro atoms. The number of anilines is 2. The SMILES string of the molecule is CCCn1cc(N)cc1C(=O)Nc1ccc(F)cc1I. The van der Waals surface area contributed by atoms with E-state index >= 15 is 0 Å². The lowest BCUT2D eigenvalue weighted by Crippen LogP contribution is -2.17. The van der Waals surface area contributed by atoms with Crippen molar-refractivity contribution in [2.24, 2.45) is 0 Å². The van der Waals surface area contributed by atoms with Gasteiger partial charge in [0, 0.05) is 16.3 Å². The first-order chi connectivity index (χ1) is 9.51. The molecule has 106 valence electrons. The Morgan fingerprint density at radius 3 is 2.85 bits per heavy atom. The summed E-state index contributed by atoms with van der Waals surface area (Å²) >= 11 is 1.98. The van der Waals surface area contributed by atoms with Crippen LogP contribution in [-0.4, -0.2) is 10.5 Å². The Morgan fingerprint density at radius 1 is 1.45 bits per heavy atom. The van der Waals surface area contributed by atoms with E-state index in [0.29, 0.717) is 20.6 Å². The van der Waals surface area contributed by atoms with Crippen molar-refractivity contribution in [3.63, 3.8) is 0 Å². The van der Waals surface area contributed by atoms with Gasteiger partial charge in [0.05, 0.1) is 11.4 Å². The second kappa shape index (κ2) is 6.25. The van der Waals surface area contributed by atoms with Crippen LogP contribution >= 0.6 is 22.6 Å². The Bertz CT molecular complexity index is 639. The highest BCUT2D eigenvalue weighted by Crippen LogP contribution is 2.20. The molecular weight excluding hydrogens is 372 g/mol. The van der Waals surface area contributed by atoms with Crippen molar-refractivity contribution in [2.75, 3.05) is 11.1 Å². The molecule has 20 heavy (non-hydrogen) atoms. The van der Waals surface area contributed by atoms with E-state index in [1.807, 2.05) is 34.1 Å². The number of nitrogens with two attached hydrogens (primary N) is 1. The van der Waals surface area contributed by atoms with Gasteiger partial charge in [-0.3, -0.25) is 4.79 Å². The van der Waals surface area contributed by atoms with Crippen LogP contribution in [0.3, 0.4) is 0 Å². The number of carbonyl (C=O) groups is 1. The van der Waals surface area contributed by atoms with E-state index in [0.717, 1.165) is 13.0 Å². The van der Waals surface area contributed by atoms with Crippen LogP contribution in [0, 0.1) is 9.39 Å². The third-order valence-electron chi connectivity index (χ3n) is 2.79. The number of hydrogen-bond acceptors (Lipinski definition) is 2. The number of amides is 1. The number of aromatic nitrogens is 1. The van der Waals surface area contributed by atoms with Gasteiger partial charge in [0.25, 0.3) is 5.91 Å². The molecule has 0 fully saturated rings. The predicted molar refractivity (Wildman–Crippen MR) is 86.2 cm³/mol. The standard InChI is InChI=1S/C14H15FIN3O/c1-2-5-19-8-10(17)7-13(19)14(20)18-12-4-3-9(15)6-11(12)16/h3-4,6-8H,2,5,17H2,1H3,(H,18,20). The summed E-state index contributed by atoms with van der Waals surface area (Å²) in [7, 11) is 0. The minimum absolute atomic E-state index is 0.250. The molecule has 0 atom stereocenters. The number of halogens is 2. The summed E-state index contributed by atoms with van der Waals surface area (Å²) in [5.41, 5.74) is 7.38. The van der Waals surface area contributed by atoms with Gasteiger partial charge in [-0.25, -0.2) is 4.39 Å². The van der Waals surface area contributed by atoms with Crippen LogP contribution in [0.1, 0.15) is 23.8 Å². The first kappa shape index (κ1) is 14.8. The van der Waals surface area contributed by atoms with E-state index in [1.165, 1.54) is 12.1 Å². The van der Waals surface area contributed by atoms with Gasteiger partial charge in [-0.15, -0.1) is 0 Å². The second-order valence-electron chi connectivity index (χ2n) is 4.43. The topological polar surface area (TPSA) is 60.0 Å². The lowest BCUT2D eigenvalue weighted by atomic mass is 10.3. The molecule has 0 bridgehead atoms. The lowest BCUT2D eigenvalue weighted by molar-refractivity contribution is 0.101. The van der Waals surface area contributed by atoms with Crippen molar-refractivity contribution < 1.29 is 9.18 Å². The smallest absolute Gasteiger partial charge is 0.272 e. The minimum Gasteiger partial charge on any atom is -0.397 e. The molecule has 0 aliphatic rings. The Labute approximate surface area is 130 Å². The average Bonchev–Trinajstić information content (AvgIpc) is 2.74. The Kier molecular flexibility index (Phi) is 4.64. The number of carbonyl (C=O) groups excluding carboxylic acids is 1. The van der Waals surface area contributed by atoms with Crippen molar-refractivity contribution >= 4 is 39.9 Å². The highest BCUT2D eigenvalue weighted by Gasteiger charge is 2.14. The molecule has 3 N–H and O–H groups in total. The van der Waals surface area contributed by atoms with E-state index in [1.54, 1.807) is 18.3 Å². The molecule has 1 heterocycles. The van der Waals surface area contributed by atoms with Crippen LogP contribution in [0.5, 0.6) is 0 Å². The van der Waals surface area contributed by atoms with Crippen LogP contribution < -0.4 is 11.1 Å². The third-order valence-corrected chi connectivity index (χ3v) is 3.69. The van der Waals surface area contributed by atoms with Gasteiger partial charge in [0.2, 0.25) is 0 Å². The molecule has 0 aliphatic carbocycles. The van der Waals surface area contributed by atoms with Gasteiger partial charge in [-0.2, -0.15) is 0 Å². The normalized spacial score (nSPS) is 10.6. The summed E-state index contributed by atoms with van der Waals surface area (Å²) in [5, 5.41) is 2.78. The highest BCUT2D eigenvalue weighted by atomic mass is 127. The van der Waals surface area contributed by atoms with Crippen molar-refractivity contribution in [3.8, 4) is 0 Å². The number of nitrogen functional groups attached to an aromatic ring is 1. The summed E-state index contributed by atoms with van der Waals surface area (Å²) in [5.74, 6) is -0.578. The van der Waals surface area contributed by atoms with Crippen molar-refractivity contribution in [1.82, 2.24) is 4.57 Å². The fraction of sp³-hybridized carbons (Fsp3) is 0.214. The molecule has 0 radical (unpaired) electrons. The monoisotopic (exact) mass is 387 g/mol. The molecule has 0 saturated heterocycles. The van der Waals surface area contributed by atoms with Gasteiger partial charge >= 0.3 is 0 Å². The van der Waals surface area contributed by atoms with Crippen LogP contribution in [0.25, 0.3) is 0 Å². The average molecular weight is 387 g/mol. The quantitative estimate of drug-likeness (QED) is 0.790. The summed E-state index contributed by atoms with van der Waals surface area (Å²) in [6.07, 6.45) is 2.65. The second-order valence-corrected chi connectivity index (χ2v) is 5.59. The third kappa shape index (κ3) is 3.30. The van der Waals surface area contributed by atoms with Gasteiger partial charge in [0.15, 0.2) is 0 Å². The fourth-order valence-electron chi connectivity index (χ4n) is 1.93. The number of nitrogens with one attached hydrogen (secondary N) is 1. The lowest BCUT2D eigenvalue weighted by Gasteiger charge is -2.10. The van der Waals surface area contributed by atoms with Crippen molar-refractivity contribution in [2.45, 2.75) is 19.9 Å². The largest absolute Gasteiger partial charge is 0.397 e. The van der Waals surface area contributed by atoms with E-state index in [4.69, 9.17) is 5.73 Å². The minimum atomic E-state index is -0.328. The number of benzene rings is 1. The van der Waals surface area contributed by atoms with Crippen LogP contribution in [-0.2, 0) is 6.54 Å². The summed E-state index contributed by atoms with van der Waals surface area (Å²) in [6, 6.07) is 5.87. The fourth-order valence-corrected chi connectivity index (χ4v) is 2.54. The van der Waals surface area contributed by atoms with Gasteiger partial charge in [-0.05, 0) is 53.3 Å². The first-order valence-electron chi connectivity index (χ1n) is 6.23. The van der Waals surface area contributed by atoms with E-state index in [-0.39, 0.29) is 11.7 Å². The molecule has 0 aliphatic heterocycles.